The van der Waals surface area contributed by atoms with Crippen molar-refractivity contribution in [1.82, 2.24) is 10.2 Å². The van der Waals surface area contributed by atoms with Crippen LogP contribution >= 0.6 is 0 Å². The van der Waals surface area contributed by atoms with Crippen molar-refractivity contribution in [3.8, 4) is 0 Å². The molecule has 0 radical (unpaired) electrons. The quantitative estimate of drug-likeness (QED) is 0.496. The lowest BCUT2D eigenvalue weighted by atomic mass is 10.1. The molecule has 2 fully saturated rings. The fraction of sp³-hybridized carbons (Fsp3) is 0.471. The van der Waals surface area contributed by atoms with Gasteiger partial charge in [-0.25, -0.2) is 0 Å². The first kappa shape index (κ1) is 15.7. The molecule has 1 heterocycles. The number of hydrogen-bond donors (Lipinski definition) is 1. The van der Waals surface area contributed by atoms with Gasteiger partial charge in [-0.3, -0.25) is 14.9 Å². The minimum Gasteiger partial charge on any atom is -0.352 e. The molecule has 1 aromatic carbocycles. The van der Waals surface area contributed by atoms with E-state index >= 15 is 0 Å². The average molecular weight is 315 g/mol. The van der Waals surface area contributed by atoms with Crippen molar-refractivity contribution >= 4 is 17.7 Å². The van der Waals surface area contributed by atoms with Crippen molar-refractivity contribution in [1.29, 1.82) is 0 Å². The highest BCUT2D eigenvalue weighted by Gasteiger charge is 2.34. The largest absolute Gasteiger partial charge is 0.352 e. The third kappa shape index (κ3) is 4.39. The normalized spacial score (nSPS) is 21.7. The first-order valence-electron chi connectivity index (χ1n) is 8.06. The molecule has 23 heavy (non-hydrogen) atoms. The summed E-state index contributed by atoms with van der Waals surface area (Å²) >= 11 is 0. The number of nitrogens with zero attached hydrogens (tertiary/aromatic N) is 2. The summed E-state index contributed by atoms with van der Waals surface area (Å²) in [5, 5.41) is 13.6. The fourth-order valence-corrected chi connectivity index (χ4v) is 3.02. The second-order valence-corrected chi connectivity index (χ2v) is 6.31. The van der Waals surface area contributed by atoms with Gasteiger partial charge in [-0.15, -0.1) is 0 Å². The van der Waals surface area contributed by atoms with Gasteiger partial charge in [0.2, 0.25) is 5.91 Å². The Morgan fingerprint density at radius 2 is 2.22 bits per heavy atom. The molecule has 1 aliphatic carbocycles. The van der Waals surface area contributed by atoms with Crippen LogP contribution < -0.4 is 5.32 Å². The highest BCUT2D eigenvalue weighted by Crippen LogP contribution is 2.31. The van der Waals surface area contributed by atoms with Crippen molar-refractivity contribution in [2.24, 2.45) is 5.92 Å². The molecule has 0 unspecified atom stereocenters. The van der Waals surface area contributed by atoms with Gasteiger partial charge < -0.3 is 10.2 Å². The predicted octanol–water partition coefficient (Wildman–Crippen LogP) is 2.21. The number of non-ortho nitro benzene ring substituents is 1. The molecule has 1 aliphatic heterocycles. The molecule has 2 aliphatic rings. The summed E-state index contributed by atoms with van der Waals surface area (Å²) in [6.07, 6.45) is 6.83. The lowest BCUT2D eigenvalue weighted by molar-refractivity contribution is -0.384. The minimum atomic E-state index is -0.441. The van der Waals surface area contributed by atoms with Crippen LogP contribution in [0.5, 0.6) is 0 Å². The van der Waals surface area contributed by atoms with Crippen LogP contribution in [0.3, 0.4) is 0 Å². The molecule has 1 saturated carbocycles. The van der Waals surface area contributed by atoms with Gasteiger partial charge in [0.15, 0.2) is 0 Å². The third-order valence-corrected chi connectivity index (χ3v) is 4.45. The highest BCUT2D eigenvalue weighted by atomic mass is 16.6. The Labute approximate surface area is 135 Å². The molecule has 6 nitrogen and oxygen atoms in total. The molecule has 1 N–H and O–H groups in total. The number of carbonyl (C=O) groups is 1. The first-order valence-corrected chi connectivity index (χ1v) is 8.06. The van der Waals surface area contributed by atoms with Crippen LogP contribution in [0.2, 0.25) is 0 Å². The summed E-state index contributed by atoms with van der Waals surface area (Å²) < 4.78 is 0. The monoisotopic (exact) mass is 315 g/mol. The van der Waals surface area contributed by atoms with Crippen molar-refractivity contribution in [2.45, 2.75) is 25.3 Å². The molecule has 6 heteroatoms. The molecule has 1 atom stereocenters. The number of nitro groups is 1. The Morgan fingerprint density at radius 1 is 1.39 bits per heavy atom. The number of hydrogen-bond acceptors (Lipinski definition) is 4. The summed E-state index contributed by atoms with van der Waals surface area (Å²) in [6, 6.07) is 7.03. The number of benzene rings is 1. The van der Waals surface area contributed by atoms with E-state index in [1.165, 1.54) is 31.1 Å². The van der Waals surface area contributed by atoms with Gasteiger partial charge in [-0.05, 0) is 43.4 Å². The number of nitro benzene ring substituents is 1. The zero-order valence-electron chi connectivity index (χ0n) is 13.0. The van der Waals surface area contributed by atoms with Gasteiger partial charge in [0, 0.05) is 37.3 Å². The van der Waals surface area contributed by atoms with Crippen molar-refractivity contribution in [3.63, 3.8) is 0 Å². The van der Waals surface area contributed by atoms with E-state index in [0.717, 1.165) is 25.6 Å². The zero-order valence-corrected chi connectivity index (χ0v) is 13.0. The summed E-state index contributed by atoms with van der Waals surface area (Å²) in [6.45, 7) is 2.93. The maximum atomic E-state index is 11.9. The Kier molecular flexibility index (Phi) is 4.71. The van der Waals surface area contributed by atoms with E-state index in [1.807, 2.05) is 0 Å². The maximum absolute atomic E-state index is 11.9. The SMILES string of the molecule is O=C(/C=C/c1cccc([N+](=O)[O-])c1)NC[C@H]1CCN(C2CC2)C1. The maximum Gasteiger partial charge on any atom is 0.270 e. The van der Waals surface area contributed by atoms with Gasteiger partial charge in [-0.2, -0.15) is 0 Å². The highest BCUT2D eigenvalue weighted by molar-refractivity contribution is 5.91. The van der Waals surface area contributed by atoms with E-state index in [9.17, 15) is 14.9 Å². The smallest absolute Gasteiger partial charge is 0.270 e. The third-order valence-electron chi connectivity index (χ3n) is 4.45. The first-order chi connectivity index (χ1) is 11.1. The number of rotatable bonds is 6. The Morgan fingerprint density at radius 3 is 2.96 bits per heavy atom. The molecule has 1 saturated heterocycles. The van der Waals surface area contributed by atoms with Gasteiger partial charge >= 0.3 is 0 Å². The van der Waals surface area contributed by atoms with Crippen LogP contribution in [-0.2, 0) is 4.79 Å². The number of likely N-dealkylation sites (tertiary alicyclic amines) is 1. The molecule has 0 bridgehead atoms. The van der Waals surface area contributed by atoms with Crippen molar-refractivity contribution in [2.75, 3.05) is 19.6 Å². The molecule has 1 amide bonds. The molecule has 1 aromatic rings. The van der Waals surface area contributed by atoms with Crippen LogP contribution in [-0.4, -0.2) is 41.4 Å². The molecule has 3 rings (SSSR count). The molecular weight excluding hydrogens is 294 g/mol. The van der Waals surface area contributed by atoms with Crippen LogP contribution in [0.1, 0.15) is 24.8 Å². The second kappa shape index (κ2) is 6.91. The van der Waals surface area contributed by atoms with Crippen LogP contribution in [0.4, 0.5) is 5.69 Å². The Hall–Kier alpha value is -2.21. The predicted molar refractivity (Wildman–Crippen MR) is 87.8 cm³/mol. The Bertz CT molecular complexity index is 625. The number of amides is 1. The molecule has 0 spiro atoms. The minimum absolute atomic E-state index is 0.0266. The average Bonchev–Trinajstić information content (AvgIpc) is 3.30. The summed E-state index contributed by atoms with van der Waals surface area (Å²) in [5.74, 6) is 0.382. The van der Waals surface area contributed by atoms with Crippen molar-refractivity contribution < 1.29 is 9.72 Å². The van der Waals surface area contributed by atoms with E-state index < -0.39 is 4.92 Å². The van der Waals surface area contributed by atoms with Gasteiger partial charge in [0.05, 0.1) is 4.92 Å². The van der Waals surface area contributed by atoms with E-state index in [4.69, 9.17) is 0 Å². The Balaban J connectivity index is 1.45. The molecule has 0 aromatic heterocycles. The summed E-state index contributed by atoms with van der Waals surface area (Å²) in [7, 11) is 0. The van der Waals surface area contributed by atoms with E-state index in [-0.39, 0.29) is 11.6 Å². The molecule has 122 valence electrons. The summed E-state index contributed by atoms with van der Waals surface area (Å²) in [4.78, 5) is 24.7. The van der Waals surface area contributed by atoms with Crippen molar-refractivity contribution in [3.05, 3.63) is 46.0 Å². The van der Waals surface area contributed by atoms with Crippen LogP contribution in [0, 0.1) is 16.0 Å². The standard InChI is InChI=1S/C17H21N3O3/c21-17(7-4-13-2-1-3-16(10-13)20(22)23)18-11-14-8-9-19(12-14)15-5-6-15/h1-4,7,10,14-15H,5-6,8-9,11-12H2,(H,18,21)/b7-4+/t14-/m1/s1. The van der Waals surface area contributed by atoms with Crippen LogP contribution in [0.25, 0.3) is 6.08 Å². The van der Waals surface area contributed by atoms with E-state index in [0.29, 0.717) is 18.0 Å². The zero-order chi connectivity index (χ0) is 16.2. The fourth-order valence-electron chi connectivity index (χ4n) is 3.02. The second-order valence-electron chi connectivity index (χ2n) is 6.31. The van der Waals surface area contributed by atoms with Gasteiger partial charge in [0.1, 0.15) is 0 Å². The topological polar surface area (TPSA) is 75.5 Å². The van der Waals surface area contributed by atoms with E-state index in [1.54, 1.807) is 18.2 Å². The number of carbonyl (C=O) groups excluding carboxylic acids is 1. The summed E-state index contributed by atoms with van der Waals surface area (Å²) in [5.41, 5.74) is 0.675. The van der Waals surface area contributed by atoms with Crippen LogP contribution in [0.15, 0.2) is 30.3 Å². The lowest BCUT2D eigenvalue weighted by Crippen LogP contribution is -2.30. The lowest BCUT2D eigenvalue weighted by Gasteiger charge is -2.14. The number of nitrogens with one attached hydrogen (secondary N) is 1. The van der Waals surface area contributed by atoms with Gasteiger partial charge in [-0.1, -0.05) is 12.1 Å². The van der Waals surface area contributed by atoms with Gasteiger partial charge in [0.25, 0.3) is 5.69 Å². The van der Waals surface area contributed by atoms with E-state index in [2.05, 4.69) is 10.2 Å². The molecular formula is C17H21N3O3.